The molecule has 0 aliphatic rings. The summed E-state index contributed by atoms with van der Waals surface area (Å²) in [5.74, 6) is -0.135. The van der Waals surface area contributed by atoms with E-state index in [9.17, 15) is 9.59 Å². The summed E-state index contributed by atoms with van der Waals surface area (Å²) in [4.78, 5) is 23.7. The van der Waals surface area contributed by atoms with Crippen molar-refractivity contribution < 1.29 is 9.59 Å². The second kappa shape index (κ2) is 5.26. The van der Waals surface area contributed by atoms with E-state index in [1.165, 1.54) is 6.92 Å². The quantitative estimate of drug-likeness (QED) is 0.797. The first-order valence-corrected chi connectivity index (χ1v) is 5.91. The van der Waals surface area contributed by atoms with Gasteiger partial charge in [-0.1, -0.05) is 51.1 Å². The molecule has 0 saturated heterocycles. The Kier molecular flexibility index (Phi) is 4.22. The molecule has 1 aromatic carbocycles. The van der Waals surface area contributed by atoms with Gasteiger partial charge in [-0.15, -0.1) is 0 Å². The van der Waals surface area contributed by atoms with Crippen molar-refractivity contribution >= 4 is 11.6 Å². The third-order valence-corrected chi connectivity index (χ3v) is 2.75. The summed E-state index contributed by atoms with van der Waals surface area (Å²) in [6.45, 7) is 7.22. The smallest absolute Gasteiger partial charge is 0.146 e. The van der Waals surface area contributed by atoms with Crippen molar-refractivity contribution in [1.82, 2.24) is 0 Å². The molecule has 17 heavy (non-hydrogen) atoms. The van der Waals surface area contributed by atoms with E-state index in [1.807, 2.05) is 51.1 Å². The molecule has 0 N–H and O–H groups in total. The molecule has 0 amide bonds. The zero-order valence-electron chi connectivity index (χ0n) is 11.0. The average molecular weight is 232 g/mol. The molecule has 0 aliphatic heterocycles. The van der Waals surface area contributed by atoms with Crippen LogP contribution in [-0.4, -0.2) is 11.6 Å². The molecule has 1 rings (SSSR count). The van der Waals surface area contributed by atoms with Gasteiger partial charge in [-0.2, -0.15) is 0 Å². The van der Waals surface area contributed by atoms with Crippen molar-refractivity contribution in [3.63, 3.8) is 0 Å². The van der Waals surface area contributed by atoms with Crippen molar-refractivity contribution in [2.75, 3.05) is 0 Å². The predicted octanol–water partition coefficient (Wildman–Crippen LogP) is 3.36. The molecule has 1 aromatic rings. The van der Waals surface area contributed by atoms with Crippen LogP contribution in [0.15, 0.2) is 30.3 Å². The highest BCUT2D eigenvalue weighted by molar-refractivity contribution is 5.94. The molecule has 0 bridgehead atoms. The Balaban J connectivity index is 3.05. The third kappa shape index (κ3) is 3.81. The number of carbonyl (C=O) groups is 2. The molecule has 0 saturated carbocycles. The molecule has 0 aromatic heterocycles. The summed E-state index contributed by atoms with van der Waals surface area (Å²) < 4.78 is 0. The highest BCUT2D eigenvalue weighted by atomic mass is 16.1. The summed E-state index contributed by atoms with van der Waals surface area (Å²) in [7, 11) is 0. The lowest BCUT2D eigenvalue weighted by molar-refractivity contribution is -0.130. The summed E-state index contributed by atoms with van der Waals surface area (Å²) in [5, 5.41) is 0. The van der Waals surface area contributed by atoms with Crippen LogP contribution in [-0.2, 0) is 9.59 Å². The minimum Gasteiger partial charge on any atom is -0.300 e. The van der Waals surface area contributed by atoms with Crippen LogP contribution >= 0.6 is 0 Å². The Bertz CT molecular complexity index is 399. The van der Waals surface area contributed by atoms with Gasteiger partial charge in [0.2, 0.25) is 0 Å². The minimum absolute atomic E-state index is 0.0523. The predicted molar refractivity (Wildman–Crippen MR) is 68.9 cm³/mol. The van der Waals surface area contributed by atoms with Gasteiger partial charge in [-0.25, -0.2) is 0 Å². The molecule has 0 aliphatic carbocycles. The molecule has 0 radical (unpaired) electrons. The molecule has 1 atom stereocenters. The Labute approximate surface area is 103 Å². The van der Waals surface area contributed by atoms with Crippen LogP contribution in [0, 0.1) is 5.41 Å². The van der Waals surface area contributed by atoms with Gasteiger partial charge in [0.1, 0.15) is 11.6 Å². The van der Waals surface area contributed by atoms with Gasteiger partial charge in [0, 0.05) is 11.8 Å². The normalized spacial score (nSPS) is 13.2. The van der Waals surface area contributed by atoms with Crippen LogP contribution in [0.2, 0.25) is 0 Å². The fraction of sp³-hybridized carbons (Fsp3) is 0.467. The van der Waals surface area contributed by atoms with E-state index in [4.69, 9.17) is 0 Å². The number of hydrogen-bond acceptors (Lipinski definition) is 2. The first-order valence-electron chi connectivity index (χ1n) is 5.91. The van der Waals surface area contributed by atoms with Gasteiger partial charge in [0.05, 0.1) is 5.92 Å². The van der Waals surface area contributed by atoms with Crippen molar-refractivity contribution in [2.45, 2.75) is 40.0 Å². The van der Waals surface area contributed by atoms with Crippen LogP contribution in [0.25, 0.3) is 0 Å². The number of Topliss-reactive ketones (excluding diaryl/α,β-unsaturated/α-hetero) is 2. The minimum atomic E-state index is -0.421. The van der Waals surface area contributed by atoms with Crippen LogP contribution in [0.1, 0.15) is 45.6 Å². The lowest BCUT2D eigenvalue weighted by Crippen LogP contribution is -2.28. The molecule has 1 unspecified atom stereocenters. The molecule has 2 nitrogen and oxygen atoms in total. The maximum atomic E-state index is 12.3. The number of benzene rings is 1. The fourth-order valence-corrected chi connectivity index (χ4v) is 1.86. The van der Waals surface area contributed by atoms with E-state index >= 15 is 0 Å². The molecule has 2 heteroatoms. The molecule has 0 fully saturated rings. The number of hydrogen-bond donors (Lipinski definition) is 0. The Hall–Kier alpha value is -1.44. The highest BCUT2D eigenvalue weighted by Crippen LogP contribution is 2.30. The van der Waals surface area contributed by atoms with Crippen molar-refractivity contribution in [3.05, 3.63) is 35.9 Å². The molecule has 92 valence electrons. The maximum Gasteiger partial charge on any atom is 0.146 e. The van der Waals surface area contributed by atoms with E-state index < -0.39 is 5.41 Å². The van der Waals surface area contributed by atoms with E-state index in [1.54, 1.807) is 0 Å². The van der Waals surface area contributed by atoms with Crippen molar-refractivity contribution in [3.8, 4) is 0 Å². The van der Waals surface area contributed by atoms with Gasteiger partial charge in [0.25, 0.3) is 0 Å². The second-order valence-electron chi connectivity index (χ2n) is 5.48. The van der Waals surface area contributed by atoms with Crippen molar-refractivity contribution in [2.24, 2.45) is 5.41 Å². The molecule has 0 heterocycles. The lowest BCUT2D eigenvalue weighted by Gasteiger charge is -2.24. The zero-order chi connectivity index (χ0) is 13.1. The summed E-state index contributed by atoms with van der Waals surface area (Å²) in [6, 6.07) is 9.54. The van der Waals surface area contributed by atoms with Gasteiger partial charge in [-0.05, 0) is 12.5 Å². The molecular weight excluding hydrogens is 212 g/mol. The van der Waals surface area contributed by atoms with Gasteiger partial charge < -0.3 is 0 Å². The van der Waals surface area contributed by atoms with Crippen LogP contribution in [0.4, 0.5) is 0 Å². The summed E-state index contributed by atoms with van der Waals surface area (Å²) in [5.41, 5.74) is 0.512. The van der Waals surface area contributed by atoms with E-state index in [2.05, 4.69) is 0 Å². The lowest BCUT2D eigenvalue weighted by atomic mass is 9.78. The summed E-state index contributed by atoms with van der Waals surface area (Å²) in [6.07, 6.45) is 0.292. The Morgan fingerprint density at radius 3 is 2.06 bits per heavy atom. The van der Waals surface area contributed by atoms with E-state index in [-0.39, 0.29) is 17.5 Å². The van der Waals surface area contributed by atoms with Gasteiger partial charge in [-0.3, -0.25) is 9.59 Å². The first-order chi connectivity index (χ1) is 7.82. The zero-order valence-corrected chi connectivity index (χ0v) is 11.0. The largest absolute Gasteiger partial charge is 0.300 e. The second-order valence-corrected chi connectivity index (χ2v) is 5.48. The highest BCUT2D eigenvalue weighted by Gasteiger charge is 2.31. The molecule has 0 spiro atoms. The number of rotatable bonds is 4. The van der Waals surface area contributed by atoms with Crippen LogP contribution in [0.3, 0.4) is 0 Å². The van der Waals surface area contributed by atoms with Gasteiger partial charge in [0.15, 0.2) is 0 Å². The van der Waals surface area contributed by atoms with Crippen LogP contribution < -0.4 is 0 Å². The topological polar surface area (TPSA) is 34.1 Å². The standard InChI is InChI=1S/C15H20O2/c1-11(16)10-13(14(17)15(2,3)4)12-8-6-5-7-9-12/h5-9,13H,10H2,1-4H3. The maximum absolute atomic E-state index is 12.3. The Morgan fingerprint density at radius 1 is 1.12 bits per heavy atom. The van der Waals surface area contributed by atoms with Gasteiger partial charge >= 0.3 is 0 Å². The molecular formula is C15H20O2. The third-order valence-electron chi connectivity index (χ3n) is 2.75. The monoisotopic (exact) mass is 232 g/mol. The average Bonchev–Trinajstić information content (AvgIpc) is 2.24. The Morgan fingerprint density at radius 2 is 1.65 bits per heavy atom. The summed E-state index contributed by atoms with van der Waals surface area (Å²) >= 11 is 0. The van der Waals surface area contributed by atoms with Crippen molar-refractivity contribution in [1.29, 1.82) is 0 Å². The van der Waals surface area contributed by atoms with E-state index in [0.717, 1.165) is 5.56 Å². The fourth-order valence-electron chi connectivity index (χ4n) is 1.86. The SMILES string of the molecule is CC(=O)CC(C(=O)C(C)(C)C)c1ccccc1. The van der Waals surface area contributed by atoms with E-state index in [0.29, 0.717) is 6.42 Å². The first kappa shape index (κ1) is 13.6. The van der Waals surface area contributed by atoms with Crippen LogP contribution in [0.5, 0.6) is 0 Å². The number of carbonyl (C=O) groups excluding carboxylic acids is 2. The number of ketones is 2.